The highest BCUT2D eigenvalue weighted by atomic mass is 16.2. The van der Waals surface area contributed by atoms with Crippen LogP contribution in [0.4, 0.5) is 5.69 Å². The molecule has 8 nitrogen and oxygen atoms in total. The molecule has 0 bridgehead atoms. The minimum absolute atomic E-state index is 0.0701. The van der Waals surface area contributed by atoms with Crippen molar-refractivity contribution in [3.8, 4) is 0 Å². The highest BCUT2D eigenvalue weighted by molar-refractivity contribution is 5.99. The highest BCUT2D eigenvalue weighted by Gasteiger charge is 2.09. The van der Waals surface area contributed by atoms with E-state index >= 15 is 0 Å². The van der Waals surface area contributed by atoms with Gasteiger partial charge in [-0.05, 0) is 36.4 Å². The van der Waals surface area contributed by atoms with Crippen LogP contribution in [0.2, 0.25) is 0 Å². The van der Waals surface area contributed by atoms with Crippen molar-refractivity contribution >= 4 is 29.3 Å². The molecule has 8 heteroatoms. The summed E-state index contributed by atoms with van der Waals surface area (Å²) in [4.78, 5) is 47.1. The first-order chi connectivity index (χ1) is 14.0. The number of carbonyl (C=O) groups is 4. The molecule has 0 heterocycles. The molecule has 0 unspecified atom stereocenters. The molecule has 4 N–H and O–H groups in total. The Kier molecular flexibility index (Phi) is 8.37. The number of rotatable bonds is 9. The van der Waals surface area contributed by atoms with Crippen LogP contribution < -0.4 is 21.3 Å². The van der Waals surface area contributed by atoms with Gasteiger partial charge in [0.1, 0.15) is 0 Å². The zero-order chi connectivity index (χ0) is 21.1. The van der Waals surface area contributed by atoms with Crippen molar-refractivity contribution in [2.24, 2.45) is 0 Å². The van der Waals surface area contributed by atoms with Crippen LogP contribution in [0, 0.1) is 0 Å². The van der Waals surface area contributed by atoms with E-state index in [0.29, 0.717) is 36.3 Å². The summed E-state index contributed by atoms with van der Waals surface area (Å²) in [6, 6.07) is 15.0. The van der Waals surface area contributed by atoms with Crippen molar-refractivity contribution in [1.29, 1.82) is 0 Å². The largest absolute Gasteiger partial charge is 0.354 e. The van der Waals surface area contributed by atoms with Crippen LogP contribution in [0.15, 0.2) is 54.6 Å². The molecule has 2 aromatic carbocycles. The Labute approximate surface area is 169 Å². The molecule has 0 spiro atoms. The van der Waals surface area contributed by atoms with Crippen molar-refractivity contribution in [1.82, 2.24) is 16.0 Å². The average molecular weight is 396 g/mol. The summed E-state index contributed by atoms with van der Waals surface area (Å²) < 4.78 is 0. The van der Waals surface area contributed by atoms with Gasteiger partial charge in [-0.1, -0.05) is 25.1 Å². The number of anilines is 1. The molecule has 0 saturated heterocycles. The molecule has 2 aromatic rings. The van der Waals surface area contributed by atoms with E-state index in [1.54, 1.807) is 61.5 Å². The van der Waals surface area contributed by atoms with Gasteiger partial charge in [-0.3, -0.25) is 19.2 Å². The standard InChI is InChI=1S/C21H24N4O4/c1-2-18(26)22-12-13-23-20(28)16-8-10-17(11-9-16)25-19(27)14-24-21(29)15-6-4-3-5-7-15/h3-11H,2,12-14H2,1H3,(H,22,26)(H,23,28)(H,24,29)(H,25,27). The van der Waals surface area contributed by atoms with Crippen molar-refractivity contribution in [2.75, 3.05) is 25.0 Å². The van der Waals surface area contributed by atoms with Crippen LogP contribution in [0.5, 0.6) is 0 Å². The zero-order valence-corrected chi connectivity index (χ0v) is 16.2. The third-order valence-electron chi connectivity index (χ3n) is 3.93. The lowest BCUT2D eigenvalue weighted by Gasteiger charge is -2.09. The lowest BCUT2D eigenvalue weighted by molar-refractivity contribution is -0.120. The molecular weight excluding hydrogens is 372 g/mol. The Balaban J connectivity index is 1.75. The number of hydrogen-bond acceptors (Lipinski definition) is 4. The Hall–Kier alpha value is -3.68. The first-order valence-corrected chi connectivity index (χ1v) is 9.27. The van der Waals surface area contributed by atoms with Crippen molar-refractivity contribution in [3.63, 3.8) is 0 Å². The molecule has 0 atom stereocenters. The Morgan fingerprint density at radius 2 is 1.28 bits per heavy atom. The van der Waals surface area contributed by atoms with Crippen LogP contribution in [0.25, 0.3) is 0 Å². The smallest absolute Gasteiger partial charge is 0.251 e. The fraction of sp³-hybridized carbons (Fsp3) is 0.238. The molecular formula is C21H24N4O4. The fourth-order valence-electron chi connectivity index (χ4n) is 2.37. The van der Waals surface area contributed by atoms with E-state index < -0.39 is 0 Å². The normalized spacial score (nSPS) is 9.97. The second-order valence-corrected chi connectivity index (χ2v) is 6.13. The van der Waals surface area contributed by atoms with Gasteiger partial charge < -0.3 is 21.3 Å². The third kappa shape index (κ3) is 7.45. The van der Waals surface area contributed by atoms with Gasteiger partial charge >= 0.3 is 0 Å². The lowest BCUT2D eigenvalue weighted by atomic mass is 10.2. The molecule has 0 saturated carbocycles. The SMILES string of the molecule is CCC(=O)NCCNC(=O)c1ccc(NC(=O)CNC(=O)c2ccccc2)cc1. The van der Waals surface area contributed by atoms with Crippen molar-refractivity contribution in [2.45, 2.75) is 13.3 Å². The molecule has 0 aliphatic heterocycles. The number of amides is 4. The summed E-state index contributed by atoms with van der Waals surface area (Å²) in [5.41, 5.74) is 1.42. The molecule has 4 amide bonds. The fourth-order valence-corrected chi connectivity index (χ4v) is 2.37. The van der Waals surface area contributed by atoms with Gasteiger partial charge in [0.25, 0.3) is 11.8 Å². The molecule has 0 aliphatic carbocycles. The monoisotopic (exact) mass is 396 g/mol. The van der Waals surface area contributed by atoms with Gasteiger partial charge in [0.05, 0.1) is 6.54 Å². The highest BCUT2D eigenvalue weighted by Crippen LogP contribution is 2.09. The van der Waals surface area contributed by atoms with Crippen LogP contribution in [-0.4, -0.2) is 43.3 Å². The lowest BCUT2D eigenvalue weighted by Crippen LogP contribution is -2.34. The van der Waals surface area contributed by atoms with Gasteiger partial charge in [-0.25, -0.2) is 0 Å². The number of hydrogen-bond donors (Lipinski definition) is 4. The number of benzene rings is 2. The maximum absolute atomic E-state index is 12.0. The predicted molar refractivity (Wildman–Crippen MR) is 109 cm³/mol. The van der Waals surface area contributed by atoms with Gasteiger partial charge in [0, 0.05) is 36.3 Å². The summed E-state index contributed by atoms with van der Waals surface area (Å²) in [5.74, 6) is -1.05. The van der Waals surface area contributed by atoms with Crippen LogP contribution >= 0.6 is 0 Å². The first kappa shape index (κ1) is 21.6. The topological polar surface area (TPSA) is 116 Å². The predicted octanol–water partition coefficient (Wildman–Crippen LogP) is 1.31. The minimum atomic E-state index is -0.377. The molecule has 0 aromatic heterocycles. The van der Waals surface area contributed by atoms with Crippen LogP contribution in [-0.2, 0) is 9.59 Å². The number of nitrogens with one attached hydrogen (secondary N) is 4. The van der Waals surface area contributed by atoms with Crippen molar-refractivity contribution < 1.29 is 19.2 Å². The van der Waals surface area contributed by atoms with Crippen LogP contribution in [0.3, 0.4) is 0 Å². The van der Waals surface area contributed by atoms with E-state index in [0.717, 1.165) is 0 Å². The van der Waals surface area contributed by atoms with Crippen molar-refractivity contribution in [3.05, 3.63) is 65.7 Å². The Morgan fingerprint density at radius 1 is 0.690 bits per heavy atom. The Bertz CT molecular complexity index is 851. The van der Waals surface area contributed by atoms with E-state index in [9.17, 15) is 19.2 Å². The average Bonchev–Trinajstić information content (AvgIpc) is 2.75. The maximum atomic E-state index is 12.0. The summed E-state index contributed by atoms with van der Waals surface area (Å²) >= 11 is 0. The van der Waals surface area contributed by atoms with E-state index in [2.05, 4.69) is 21.3 Å². The quantitative estimate of drug-likeness (QED) is 0.478. The molecule has 0 aliphatic rings. The van der Waals surface area contributed by atoms with E-state index in [4.69, 9.17) is 0 Å². The minimum Gasteiger partial charge on any atom is -0.354 e. The van der Waals surface area contributed by atoms with Crippen LogP contribution in [0.1, 0.15) is 34.1 Å². The first-order valence-electron chi connectivity index (χ1n) is 9.27. The van der Waals surface area contributed by atoms with Gasteiger partial charge in [0.2, 0.25) is 11.8 Å². The summed E-state index contributed by atoms with van der Waals surface area (Å²) in [6.07, 6.45) is 0.400. The molecule has 0 radical (unpaired) electrons. The van der Waals surface area contributed by atoms with E-state index in [-0.39, 0.29) is 30.2 Å². The number of carbonyl (C=O) groups excluding carboxylic acids is 4. The molecule has 152 valence electrons. The van der Waals surface area contributed by atoms with E-state index in [1.165, 1.54) is 0 Å². The third-order valence-corrected chi connectivity index (χ3v) is 3.93. The molecule has 0 fully saturated rings. The second-order valence-electron chi connectivity index (χ2n) is 6.13. The molecule has 2 rings (SSSR count). The molecule has 29 heavy (non-hydrogen) atoms. The van der Waals surface area contributed by atoms with Gasteiger partial charge in [-0.15, -0.1) is 0 Å². The summed E-state index contributed by atoms with van der Waals surface area (Å²) in [6.45, 7) is 2.27. The summed E-state index contributed by atoms with van der Waals surface area (Å²) in [7, 11) is 0. The van der Waals surface area contributed by atoms with Gasteiger partial charge in [0.15, 0.2) is 0 Å². The Morgan fingerprint density at radius 3 is 1.93 bits per heavy atom. The van der Waals surface area contributed by atoms with E-state index in [1.807, 2.05) is 0 Å². The summed E-state index contributed by atoms with van der Waals surface area (Å²) in [5, 5.41) is 10.6. The van der Waals surface area contributed by atoms with Gasteiger partial charge in [-0.2, -0.15) is 0 Å². The second kappa shape index (κ2) is 11.2. The zero-order valence-electron chi connectivity index (χ0n) is 16.2. The maximum Gasteiger partial charge on any atom is 0.251 e.